The summed E-state index contributed by atoms with van der Waals surface area (Å²) in [4.78, 5) is 7.61. The predicted octanol–water partition coefficient (Wildman–Crippen LogP) is 0.482. The van der Waals surface area contributed by atoms with Crippen molar-refractivity contribution in [3.63, 3.8) is 0 Å². The van der Waals surface area contributed by atoms with E-state index < -0.39 is 26.7 Å². The highest BCUT2D eigenvalue weighted by molar-refractivity contribution is 7.71. The predicted molar refractivity (Wildman–Crippen MR) is 101 cm³/mol. The molecule has 0 saturated heterocycles. The van der Waals surface area contributed by atoms with Crippen LogP contribution in [0.2, 0.25) is 0 Å². The van der Waals surface area contributed by atoms with Crippen molar-refractivity contribution in [2.45, 2.75) is 12.5 Å². The van der Waals surface area contributed by atoms with Gasteiger partial charge in [0.2, 0.25) is 20.6 Å². The molecule has 2 rings (SSSR count). The Labute approximate surface area is 158 Å². The third-order valence-electron chi connectivity index (χ3n) is 3.35. The second-order valence-electron chi connectivity index (χ2n) is 5.12. The maximum Gasteiger partial charge on any atom is 0.324 e. The smallest absolute Gasteiger partial charge is 0.324 e. The van der Waals surface area contributed by atoms with E-state index in [1.54, 1.807) is 24.3 Å². The Bertz CT molecular complexity index is 1050. The minimum absolute atomic E-state index is 0.102. The van der Waals surface area contributed by atoms with E-state index in [1.807, 2.05) is 6.07 Å². The van der Waals surface area contributed by atoms with Gasteiger partial charge in [0.05, 0.1) is 34.8 Å². The van der Waals surface area contributed by atoms with Crippen molar-refractivity contribution in [1.82, 2.24) is 0 Å². The minimum atomic E-state index is -2.38. The second-order valence-corrected chi connectivity index (χ2v) is 6.83. The molecule has 11 heteroatoms. The van der Waals surface area contributed by atoms with Gasteiger partial charge in [-0.3, -0.25) is 0 Å². The highest BCUT2D eigenvalue weighted by Crippen LogP contribution is 2.21. The van der Waals surface area contributed by atoms with Crippen LogP contribution in [0.1, 0.15) is 6.42 Å². The quantitative estimate of drug-likeness (QED) is 0.365. The third-order valence-corrected chi connectivity index (χ3v) is 4.17. The molecule has 0 saturated carbocycles. The summed E-state index contributed by atoms with van der Waals surface area (Å²) in [6.45, 7) is -0.422. The average molecular weight is 409 g/mol. The molecule has 1 unspecified atom stereocenters. The van der Waals surface area contributed by atoms with Gasteiger partial charge in [-0.05, 0) is 12.1 Å². The van der Waals surface area contributed by atoms with Crippen molar-refractivity contribution in [2.24, 2.45) is 4.99 Å². The van der Waals surface area contributed by atoms with Crippen LogP contribution in [-0.4, -0.2) is 63.1 Å². The Hall–Kier alpha value is -2.85. The van der Waals surface area contributed by atoms with Gasteiger partial charge in [0.15, 0.2) is 6.10 Å². The molecular weight excluding hydrogens is 394 g/mol. The lowest BCUT2D eigenvalue weighted by molar-refractivity contribution is -0.0247. The molecule has 142 valence electrons. The summed E-state index contributed by atoms with van der Waals surface area (Å²) in [7, 11) is -4.75. The summed E-state index contributed by atoms with van der Waals surface area (Å²) in [6, 6.07) is 8.96. The highest BCUT2D eigenvalue weighted by Gasteiger charge is 2.32. The average Bonchev–Trinajstić information content (AvgIpc) is 2.63. The fourth-order valence-corrected chi connectivity index (χ4v) is 2.57. The van der Waals surface area contributed by atoms with Gasteiger partial charge in [0.1, 0.15) is 12.4 Å². The van der Waals surface area contributed by atoms with Crippen molar-refractivity contribution in [2.75, 3.05) is 13.2 Å². The van der Waals surface area contributed by atoms with Crippen molar-refractivity contribution in [3.05, 3.63) is 47.7 Å². The Kier molecular flexibility index (Phi) is 7.83. The highest BCUT2D eigenvalue weighted by atomic mass is 32.2. The standard InChI is InChI=1S/C16H15N3O6S2/c17-19-14-11-15(24-6-8-26(20)21)13(18-12-4-2-1-3-5-12)10-16(14)25-7-9-27(22)23/h1-5,8-9,11,16H,6-7,10H2. The maximum atomic E-state index is 10.6. The molecule has 0 N–H and O–H groups in total. The summed E-state index contributed by atoms with van der Waals surface area (Å²) in [5.74, 6) is 0.226. The van der Waals surface area contributed by atoms with Crippen LogP contribution in [0.4, 0.5) is 5.69 Å². The van der Waals surface area contributed by atoms with E-state index in [9.17, 15) is 22.4 Å². The molecule has 0 bridgehead atoms. The fraction of sp³-hybridized carbons (Fsp3) is 0.250. The molecule has 0 heterocycles. The van der Waals surface area contributed by atoms with Crippen molar-refractivity contribution in [1.29, 1.82) is 0 Å². The normalized spacial score (nSPS) is 17.6. The molecule has 1 aromatic carbocycles. The minimum Gasteiger partial charge on any atom is -0.486 e. The second kappa shape index (κ2) is 10.3. The molecule has 0 amide bonds. The van der Waals surface area contributed by atoms with Crippen LogP contribution in [0.15, 0.2) is 47.2 Å². The molecule has 1 aliphatic carbocycles. The number of benzene rings is 1. The van der Waals surface area contributed by atoms with E-state index in [4.69, 9.17) is 9.47 Å². The number of nitrogens with zero attached hydrogens (tertiary/aromatic N) is 3. The van der Waals surface area contributed by atoms with E-state index in [0.717, 1.165) is 10.7 Å². The molecule has 0 spiro atoms. The summed E-state index contributed by atoms with van der Waals surface area (Å²) in [6.07, 6.45) is 0.758. The first kappa shape index (κ1) is 20.5. The van der Waals surface area contributed by atoms with Crippen LogP contribution in [0.3, 0.4) is 0 Å². The van der Waals surface area contributed by atoms with Gasteiger partial charge in [0, 0.05) is 6.42 Å². The lowest BCUT2D eigenvalue weighted by Crippen LogP contribution is -2.33. The van der Waals surface area contributed by atoms with E-state index in [-0.39, 0.29) is 31.1 Å². The summed E-state index contributed by atoms with van der Waals surface area (Å²) >= 11 is 0. The van der Waals surface area contributed by atoms with Crippen LogP contribution >= 0.6 is 0 Å². The first-order valence-electron chi connectivity index (χ1n) is 7.63. The molecule has 1 aromatic rings. The monoisotopic (exact) mass is 409 g/mol. The number of hydrogen-bond donors (Lipinski definition) is 0. The molecular formula is C16H15N3O6S2. The van der Waals surface area contributed by atoms with Gasteiger partial charge < -0.3 is 15.0 Å². The topological polar surface area (TPSA) is 136 Å². The number of rotatable bonds is 7. The summed E-state index contributed by atoms with van der Waals surface area (Å²) in [5, 5.41) is 1.86. The zero-order chi connectivity index (χ0) is 19.6. The van der Waals surface area contributed by atoms with Gasteiger partial charge >= 0.3 is 5.71 Å². The number of ether oxygens (including phenoxy) is 2. The van der Waals surface area contributed by atoms with E-state index in [0.29, 0.717) is 11.4 Å². The largest absolute Gasteiger partial charge is 0.486 e. The Morgan fingerprint density at radius 1 is 1.11 bits per heavy atom. The van der Waals surface area contributed by atoms with E-state index in [2.05, 4.69) is 9.78 Å². The van der Waals surface area contributed by atoms with Gasteiger partial charge in [-0.25, -0.2) is 4.99 Å². The van der Waals surface area contributed by atoms with Crippen LogP contribution in [-0.2, 0) is 30.1 Å². The van der Waals surface area contributed by atoms with Crippen LogP contribution in [0.5, 0.6) is 0 Å². The molecule has 27 heavy (non-hydrogen) atoms. The van der Waals surface area contributed by atoms with Gasteiger partial charge in [-0.2, -0.15) is 21.6 Å². The summed E-state index contributed by atoms with van der Waals surface area (Å²) in [5.41, 5.74) is 10.4. The van der Waals surface area contributed by atoms with E-state index in [1.165, 1.54) is 6.08 Å². The molecule has 0 fully saturated rings. The van der Waals surface area contributed by atoms with Crippen molar-refractivity contribution in [3.8, 4) is 0 Å². The molecule has 0 aliphatic heterocycles. The van der Waals surface area contributed by atoms with Gasteiger partial charge in [-0.1, -0.05) is 18.2 Å². The first-order chi connectivity index (χ1) is 13.0. The fourth-order valence-electron chi connectivity index (χ4n) is 2.20. The maximum absolute atomic E-state index is 10.6. The van der Waals surface area contributed by atoms with Gasteiger partial charge in [-0.15, -0.1) is 0 Å². The SMILES string of the molecule is [N-]=[N+]=C1C=C(OCC=S(=O)=O)C(=Nc2ccccc2)CC1OCC=S(=O)=O. The van der Waals surface area contributed by atoms with Crippen LogP contribution in [0, 0.1) is 0 Å². The lowest BCUT2D eigenvalue weighted by atomic mass is 9.98. The molecule has 1 atom stereocenters. The van der Waals surface area contributed by atoms with E-state index >= 15 is 0 Å². The Morgan fingerprint density at radius 3 is 2.41 bits per heavy atom. The van der Waals surface area contributed by atoms with Crippen molar-refractivity contribution >= 4 is 48.4 Å². The van der Waals surface area contributed by atoms with Crippen LogP contribution in [0.25, 0.3) is 5.53 Å². The lowest BCUT2D eigenvalue weighted by Gasteiger charge is -2.20. The number of hydrogen-bond acceptors (Lipinski definition) is 7. The Morgan fingerprint density at radius 2 is 1.78 bits per heavy atom. The van der Waals surface area contributed by atoms with Crippen molar-refractivity contribution < 1.29 is 31.1 Å². The zero-order valence-electron chi connectivity index (χ0n) is 13.9. The number of aliphatic imine (C=N–C) groups is 1. The third kappa shape index (κ3) is 6.76. The Balaban J connectivity index is 2.35. The molecule has 9 nitrogen and oxygen atoms in total. The zero-order valence-corrected chi connectivity index (χ0v) is 15.6. The number of allylic oxidation sites excluding steroid dienone is 1. The molecule has 0 radical (unpaired) electrons. The summed E-state index contributed by atoms with van der Waals surface area (Å²) < 4.78 is 53.3. The van der Waals surface area contributed by atoms with Crippen LogP contribution < -0.4 is 0 Å². The van der Waals surface area contributed by atoms with Gasteiger partial charge in [0.25, 0.3) is 0 Å². The molecule has 0 aromatic heterocycles. The number of para-hydroxylation sites is 1. The first-order valence-corrected chi connectivity index (χ1v) is 9.91. The molecule has 1 aliphatic rings.